The molecule has 7 heteroatoms. The standard InChI is InChI=1S/C17H15FN2O3S/c1-11-8-9-12(18)10-14(11)15-20-17(16(19-2)23-15)24(21,22)13-6-4-3-5-7-13/h3-10,19H,1-2H3. The monoisotopic (exact) mass is 346 g/mol. The Hall–Kier alpha value is -2.67. The van der Waals surface area contributed by atoms with Crippen molar-refractivity contribution < 1.29 is 17.2 Å². The Bertz CT molecular complexity index is 982. The summed E-state index contributed by atoms with van der Waals surface area (Å²) in [4.78, 5) is 4.23. The summed E-state index contributed by atoms with van der Waals surface area (Å²) < 4.78 is 44.6. The van der Waals surface area contributed by atoms with Gasteiger partial charge in [0.2, 0.25) is 26.6 Å². The molecule has 3 aromatic rings. The third-order valence-corrected chi connectivity index (χ3v) is 5.24. The lowest BCUT2D eigenvalue weighted by molar-refractivity contribution is 0.578. The molecule has 1 aromatic heterocycles. The molecule has 3 rings (SSSR count). The highest BCUT2D eigenvalue weighted by molar-refractivity contribution is 7.91. The topological polar surface area (TPSA) is 72.2 Å². The molecular weight excluding hydrogens is 331 g/mol. The number of aryl methyl sites for hydroxylation is 1. The highest BCUT2D eigenvalue weighted by Gasteiger charge is 2.28. The number of halogens is 1. The van der Waals surface area contributed by atoms with Gasteiger partial charge in [-0.3, -0.25) is 0 Å². The maximum atomic E-state index is 13.5. The minimum atomic E-state index is -3.85. The first kappa shape index (κ1) is 16.2. The third-order valence-electron chi connectivity index (χ3n) is 3.56. The van der Waals surface area contributed by atoms with Gasteiger partial charge in [0, 0.05) is 12.6 Å². The Kier molecular flexibility index (Phi) is 4.11. The molecule has 24 heavy (non-hydrogen) atoms. The number of nitrogens with one attached hydrogen (secondary N) is 1. The van der Waals surface area contributed by atoms with Crippen molar-refractivity contribution in [2.45, 2.75) is 16.8 Å². The van der Waals surface area contributed by atoms with E-state index in [-0.39, 0.29) is 21.7 Å². The van der Waals surface area contributed by atoms with E-state index >= 15 is 0 Å². The quantitative estimate of drug-likeness (QED) is 0.780. The number of hydrogen-bond donors (Lipinski definition) is 1. The molecule has 0 unspecified atom stereocenters. The van der Waals surface area contributed by atoms with Gasteiger partial charge in [-0.1, -0.05) is 24.3 Å². The van der Waals surface area contributed by atoms with Gasteiger partial charge < -0.3 is 9.73 Å². The zero-order valence-electron chi connectivity index (χ0n) is 13.1. The smallest absolute Gasteiger partial charge is 0.233 e. The van der Waals surface area contributed by atoms with E-state index < -0.39 is 15.7 Å². The van der Waals surface area contributed by atoms with Crippen LogP contribution < -0.4 is 5.32 Å². The van der Waals surface area contributed by atoms with E-state index in [1.807, 2.05) is 0 Å². The van der Waals surface area contributed by atoms with Crippen LogP contribution in [-0.4, -0.2) is 20.4 Å². The lowest BCUT2D eigenvalue weighted by Gasteiger charge is -2.02. The number of nitrogens with zero attached hydrogens (tertiary/aromatic N) is 1. The lowest BCUT2D eigenvalue weighted by Crippen LogP contribution is -2.05. The van der Waals surface area contributed by atoms with E-state index in [0.29, 0.717) is 5.56 Å². The van der Waals surface area contributed by atoms with Gasteiger partial charge in [0.05, 0.1) is 4.90 Å². The molecule has 0 aliphatic rings. The summed E-state index contributed by atoms with van der Waals surface area (Å²) in [5, 5.41) is 2.47. The molecule has 0 aliphatic carbocycles. The maximum Gasteiger partial charge on any atom is 0.233 e. The Morgan fingerprint density at radius 3 is 2.50 bits per heavy atom. The molecule has 0 saturated heterocycles. The van der Waals surface area contributed by atoms with Crippen LogP contribution in [0, 0.1) is 12.7 Å². The first-order valence-corrected chi connectivity index (χ1v) is 8.67. The van der Waals surface area contributed by atoms with Crippen molar-refractivity contribution in [3.63, 3.8) is 0 Å². The molecule has 0 amide bonds. The zero-order valence-corrected chi connectivity index (χ0v) is 13.9. The Balaban J connectivity index is 2.17. The molecule has 0 spiro atoms. The van der Waals surface area contributed by atoms with Gasteiger partial charge >= 0.3 is 0 Å². The van der Waals surface area contributed by atoms with Crippen LogP contribution in [0.4, 0.5) is 10.3 Å². The molecule has 1 heterocycles. The second kappa shape index (κ2) is 6.09. The van der Waals surface area contributed by atoms with Gasteiger partial charge in [-0.2, -0.15) is 4.98 Å². The molecular formula is C17H15FN2O3S. The first-order chi connectivity index (χ1) is 11.4. The fourth-order valence-corrected chi connectivity index (χ4v) is 3.63. The predicted octanol–water partition coefficient (Wildman–Crippen LogP) is 3.66. The number of oxazole rings is 1. The molecule has 0 saturated carbocycles. The van der Waals surface area contributed by atoms with Gasteiger partial charge in [0.15, 0.2) is 0 Å². The average molecular weight is 346 g/mol. The number of hydrogen-bond acceptors (Lipinski definition) is 5. The number of rotatable bonds is 4. The van der Waals surface area contributed by atoms with E-state index in [2.05, 4.69) is 10.3 Å². The molecule has 124 valence electrons. The van der Waals surface area contributed by atoms with E-state index in [1.54, 1.807) is 31.2 Å². The SMILES string of the molecule is CNc1oc(-c2cc(F)ccc2C)nc1S(=O)(=O)c1ccccc1. The second-order valence-electron chi connectivity index (χ2n) is 5.18. The average Bonchev–Trinajstić information content (AvgIpc) is 3.03. The normalized spacial score (nSPS) is 11.5. The van der Waals surface area contributed by atoms with Crippen molar-refractivity contribution in [3.05, 3.63) is 59.9 Å². The Labute approximate surface area is 139 Å². The van der Waals surface area contributed by atoms with Gasteiger partial charge in [0.1, 0.15) is 5.82 Å². The molecule has 5 nitrogen and oxygen atoms in total. The van der Waals surface area contributed by atoms with Crippen LogP contribution in [0.1, 0.15) is 5.56 Å². The van der Waals surface area contributed by atoms with E-state index in [9.17, 15) is 12.8 Å². The lowest BCUT2D eigenvalue weighted by atomic mass is 10.1. The van der Waals surface area contributed by atoms with Crippen LogP contribution in [0.2, 0.25) is 0 Å². The second-order valence-corrected chi connectivity index (χ2v) is 7.04. The van der Waals surface area contributed by atoms with Crippen LogP contribution in [0.25, 0.3) is 11.5 Å². The maximum absolute atomic E-state index is 13.5. The minimum Gasteiger partial charge on any atom is -0.419 e. The van der Waals surface area contributed by atoms with Crippen molar-refractivity contribution in [1.29, 1.82) is 0 Å². The van der Waals surface area contributed by atoms with Crippen molar-refractivity contribution in [2.24, 2.45) is 0 Å². The van der Waals surface area contributed by atoms with Crippen LogP contribution >= 0.6 is 0 Å². The van der Waals surface area contributed by atoms with Gasteiger partial charge in [0.25, 0.3) is 0 Å². The first-order valence-electron chi connectivity index (χ1n) is 7.18. The number of benzene rings is 2. The highest BCUT2D eigenvalue weighted by Crippen LogP contribution is 2.33. The van der Waals surface area contributed by atoms with Crippen molar-refractivity contribution in [1.82, 2.24) is 4.98 Å². The summed E-state index contributed by atoms with van der Waals surface area (Å²) in [5.74, 6) is -0.393. The molecule has 0 atom stereocenters. The van der Waals surface area contributed by atoms with Crippen LogP contribution in [0.5, 0.6) is 0 Å². The molecule has 0 aliphatic heterocycles. The molecule has 1 N–H and O–H groups in total. The van der Waals surface area contributed by atoms with E-state index in [1.165, 1.54) is 31.3 Å². The van der Waals surface area contributed by atoms with Crippen LogP contribution in [0.3, 0.4) is 0 Å². The number of anilines is 1. The van der Waals surface area contributed by atoms with Crippen molar-refractivity contribution in [2.75, 3.05) is 12.4 Å². The van der Waals surface area contributed by atoms with Crippen LogP contribution in [-0.2, 0) is 9.84 Å². The molecule has 2 aromatic carbocycles. The van der Waals surface area contributed by atoms with Gasteiger partial charge in [-0.15, -0.1) is 0 Å². The number of aromatic nitrogens is 1. The minimum absolute atomic E-state index is 0.0116. The molecule has 0 fully saturated rings. The van der Waals surface area contributed by atoms with Crippen LogP contribution in [0.15, 0.2) is 62.9 Å². The fourth-order valence-electron chi connectivity index (χ4n) is 2.30. The van der Waals surface area contributed by atoms with Gasteiger partial charge in [-0.05, 0) is 36.8 Å². The largest absolute Gasteiger partial charge is 0.419 e. The summed E-state index contributed by atoms with van der Waals surface area (Å²) in [6.45, 7) is 1.77. The molecule has 0 bridgehead atoms. The van der Waals surface area contributed by atoms with Crippen molar-refractivity contribution >= 4 is 15.7 Å². The van der Waals surface area contributed by atoms with Crippen molar-refractivity contribution in [3.8, 4) is 11.5 Å². The van der Waals surface area contributed by atoms with E-state index in [0.717, 1.165) is 5.56 Å². The summed E-state index contributed by atoms with van der Waals surface area (Å²) in [6.07, 6.45) is 0. The Morgan fingerprint density at radius 1 is 1.12 bits per heavy atom. The zero-order chi connectivity index (χ0) is 17.3. The molecule has 0 radical (unpaired) electrons. The Morgan fingerprint density at radius 2 is 1.83 bits per heavy atom. The van der Waals surface area contributed by atoms with E-state index in [4.69, 9.17) is 4.42 Å². The third kappa shape index (κ3) is 2.78. The predicted molar refractivity (Wildman–Crippen MR) is 88.1 cm³/mol. The van der Waals surface area contributed by atoms with Gasteiger partial charge in [-0.25, -0.2) is 12.8 Å². The summed E-state index contributed by atoms with van der Waals surface area (Å²) >= 11 is 0. The highest BCUT2D eigenvalue weighted by atomic mass is 32.2. The summed E-state index contributed by atoms with van der Waals surface area (Å²) in [5.41, 5.74) is 1.13. The fraction of sp³-hybridized carbons (Fsp3) is 0.118. The summed E-state index contributed by atoms with van der Waals surface area (Å²) in [6, 6.07) is 12.1. The number of sulfone groups is 1. The summed E-state index contributed by atoms with van der Waals surface area (Å²) in [7, 11) is -2.32.